The molecule has 3 aromatic rings. The Kier molecular flexibility index (Phi) is 7.11. The molecule has 9 heteroatoms. The van der Waals surface area contributed by atoms with E-state index in [-0.39, 0.29) is 17.9 Å². The first kappa shape index (κ1) is 24.5. The molecule has 1 amide bonds. The number of aromatic nitrogens is 3. The summed E-state index contributed by atoms with van der Waals surface area (Å²) in [7, 11) is 0. The van der Waals surface area contributed by atoms with Crippen LogP contribution in [0.25, 0.3) is 11.0 Å². The Morgan fingerprint density at radius 2 is 1.61 bits per heavy atom. The number of anilines is 3. The first-order valence-electron chi connectivity index (χ1n) is 12.9. The van der Waals surface area contributed by atoms with Crippen molar-refractivity contribution in [3.63, 3.8) is 0 Å². The highest BCUT2D eigenvalue weighted by Crippen LogP contribution is 2.33. The fraction of sp³-hybridized carbons (Fsp3) is 0.519. The molecule has 1 aromatic carbocycles. The summed E-state index contributed by atoms with van der Waals surface area (Å²) in [5, 5.41) is 8.52. The van der Waals surface area contributed by atoms with Crippen LogP contribution in [0.3, 0.4) is 0 Å². The van der Waals surface area contributed by atoms with Crippen LogP contribution in [0, 0.1) is 0 Å². The van der Waals surface area contributed by atoms with Crippen molar-refractivity contribution in [3.8, 4) is 0 Å². The fourth-order valence-corrected chi connectivity index (χ4v) is 4.80. The molecule has 2 aromatic heterocycles. The van der Waals surface area contributed by atoms with Crippen LogP contribution in [0.5, 0.6) is 0 Å². The molecule has 2 fully saturated rings. The summed E-state index contributed by atoms with van der Waals surface area (Å²) < 4.78 is 13.0. The van der Waals surface area contributed by atoms with E-state index in [1.165, 1.54) is 0 Å². The number of morpholine rings is 2. The highest BCUT2D eigenvalue weighted by Gasteiger charge is 2.23. The van der Waals surface area contributed by atoms with Gasteiger partial charge in [-0.25, -0.2) is 9.67 Å². The first-order chi connectivity index (χ1) is 17.4. The van der Waals surface area contributed by atoms with Crippen LogP contribution in [0.4, 0.5) is 17.1 Å². The third-order valence-electron chi connectivity index (χ3n) is 6.87. The van der Waals surface area contributed by atoms with Gasteiger partial charge in [-0.15, -0.1) is 0 Å². The smallest absolute Gasteiger partial charge is 0.256 e. The van der Waals surface area contributed by atoms with Crippen LogP contribution < -0.4 is 15.1 Å². The first-order valence-corrected chi connectivity index (χ1v) is 12.9. The number of hydrogen-bond donors (Lipinski definition) is 1. The number of benzene rings is 1. The summed E-state index contributed by atoms with van der Waals surface area (Å²) in [6, 6.07) is 8.35. The lowest BCUT2D eigenvalue weighted by atomic mass is 10.0. The summed E-state index contributed by atoms with van der Waals surface area (Å²) >= 11 is 0. The van der Waals surface area contributed by atoms with Crippen molar-refractivity contribution in [1.29, 1.82) is 0 Å². The number of pyridine rings is 1. The molecular formula is C27H36N6O3. The van der Waals surface area contributed by atoms with Gasteiger partial charge in [-0.2, -0.15) is 5.10 Å². The maximum Gasteiger partial charge on any atom is 0.256 e. The van der Waals surface area contributed by atoms with E-state index in [1.54, 1.807) is 6.20 Å². The van der Waals surface area contributed by atoms with Gasteiger partial charge in [0.05, 0.1) is 54.9 Å². The third-order valence-corrected chi connectivity index (χ3v) is 6.87. The van der Waals surface area contributed by atoms with Gasteiger partial charge in [0.15, 0.2) is 5.65 Å². The zero-order chi connectivity index (χ0) is 25.2. The van der Waals surface area contributed by atoms with Crippen LogP contribution in [0.1, 0.15) is 55.7 Å². The van der Waals surface area contributed by atoms with E-state index in [0.29, 0.717) is 18.8 Å². The van der Waals surface area contributed by atoms with Gasteiger partial charge in [0.25, 0.3) is 5.91 Å². The average molecular weight is 493 g/mol. The number of ether oxygens (including phenoxy) is 2. The predicted molar refractivity (Wildman–Crippen MR) is 142 cm³/mol. The number of amides is 1. The van der Waals surface area contributed by atoms with E-state index < -0.39 is 0 Å². The SMILES string of the molecule is CC(C)c1cc(C(=O)Nc2ccc(N3CCOCC3)cc2N2CCOCC2)c2cnn(C(C)C)c2n1. The minimum absolute atomic E-state index is 0.147. The summed E-state index contributed by atoms with van der Waals surface area (Å²) in [5.41, 5.74) is 5.18. The van der Waals surface area contributed by atoms with Gasteiger partial charge in [-0.1, -0.05) is 13.8 Å². The molecule has 0 radical (unpaired) electrons. The second-order valence-electron chi connectivity index (χ2n) is 10.0. The van der Waals surface area contributed by atoms with Gasteiger partial charge in [-0.3, -0.25) is 4.79 Å². The predicted octanol–water partition coefficient (Wildman–Crippen LogP) is 4.06. The van der Waals surface area contributed by atoms with Crippen LogP contribution >= 0.6 is 0 Å². The van der Waals surface area contributed by atoms with Gasteiger partial charge in [-0.05, 0) is 44.0 Å². The van der Waals surface area contributed by atoms with Crippen LogP contribution in [0.2, 0.25) is 0 Å². The molecule has 0 bridgehead atoms. The van der Waals surface area contributed by atoms with Crippen molar-refractivity contribution in [2.75, 3.05) is 67.7 Å². The number of carbonyl (C=O) groups is 1. The molecule has 4 heterocycles. The Morgan fingerprint density at radius 1 is 0.944 bits per heavy atom. The van der Waals surface area contributed by atoms with E-state index in [1.807, 2.05) is 16.8 Å². The van der Waals surface area contributed by atoms with Gasteiger partial charge in [0, 0.05) is 43.6 Å². The van der Waals surface area contributed by atoms with Crippen molar-refractivity contribution in [1.82, 2.24) is 14.8 Å². The maximum atomic E-state index is 13.8. The molecule has 2 saturated heterocycles. The molecule has 0 atom stereocenters. The molecule has 1 N–H and O–H groups in total. The van der Waals surface area contributed by atoms with Crippen molar-refractivity contribution in [3.05, 3.63) is 41.7 Å². The molecule has 2 aliphatic rings. The molecule has 36 heavy (non-hydrogen) atoms. The van der Waals surface area contributed by atoms with Gasteiger partial charge >= 0.3 is 0 Å². The number of carbonyl (C=O) groups excluding carboxylic acids is 1. The molecule has 2 aliphatic heterocycles. The lowest BCUT2D eigenvalue weighted by Crippen LogP contribution is -2.38. The normalized spacial score (nSPS) is 16.8. The molecule has 9 nitrogen and oxygen atoms in total. The van der Waals surface area contributed by atoms with E-state index >= 15 is 0 Å². The lowest BCUT2D eigenvalue weighted by molar-refractivity contribution is 0.102. The van der Waals surface area contributed by atoms with Gasteiger partial charge in [0.1, 0.15) is 0 Å². The number of fused-ring (bicyclic) bond motifs is 1. The fourth-order valence-electron chi connectivity index (χ4n) is 4.80. The van der Waals surface area contributed by atoms with Gasteiger partial charge < -0.3 is 24.6 Å². The molecule has 0 spiro atoms. The zero-order valence-corrected chi connectivity index (χ0v) is 21.7. The highest BCUT2D eigenvalue weighted by molar-refractivity contribution is 6.13. The minimum atomic E-state index is -0.152. The Hall–Kier alpha value is -3.17. The number of nitrogens with one attached hydrogen (secondary N) is 1. The largest absolute Gasteiger partial charge is 0.378 e. The topological polar surface area (TPSA) is 84.8 Å². The van der Waals surface area contributed by atoms with Crippen LogP contribution in [-0.2, 0) is 9.47 Å². The van der Waals surface area contributed by atoms with Crippen molar-refractivity contribution >= 4 is 34.0 Å². The number of hydrogen-bond acceptors (Lipinski definition) is 7. The van der Waals surface area contributed by atoms with E-state index in [0.717, 1.165) is 73.2 Å². The van der Waals surface area contributed by atoms with E-state index in [2.05, 4.69) is 60.0 Å². The van der Waals surface area contributed by atoms with E-state index in [9.17, 15) is 4.79 Å². The monoisotopic (exact) mass is 492 g/mol. The Bertz CT molecular complexity index is 1230. The molecule has 192 valence electrons. The summed E-state index contributed by atoms with van der Waals surface area (Å²) in [6.45, 7) is 14.4. The summed E-state index contributed by atoms with van der Waals surface area (Å²) in [4.78, 5) is 23.2. The zero-order valence-electron chi connectivity index (χ0n) is 21.7. The standard InChI is InChI=1S/C27H36N6O3/c1-18(2)24-16-21(22-17-28-33(19(3)4)26(22)29-24)27(34)30-23-6-5-20(31-7-11-35-12-8-31)15-25(23)32-9-13-36-14-10-32/h5-6,15-19H,7-14H2,1-4H3,(H,30,34). The number of nitrogens with zero attached hydrogens (tertiary/aromatic N) is 5. The molecule has 5 rings (SSSR count). The number of rotatable bonds is 6. The molecule has 0 unspecified atom stereocenters. The Labute approximate surface area is 212 Å². The van der Waals surface area contributed by atoms with Gasteiger partial charge in [0.2, 0.25) is 0 Å². The van der Waals surface area contributed by atoms with Crippen molar-refractivity contribution < 1.29 is 14.3 Å². The quantitative estimate of drug-likeness (QED) is 0.555. The molecular weight excluding hydrogens is 456 g/mol. The molecule has 0 saturated carbocycles. The van der Waals surface area contributed by atoms with Crippen LogP contribution in [0.15, 0.2) is 30.5 Å². The van der Waals surface area contributed by atoms with E-state index in [4.69, 9.17) is 14.5 Å². The Balaban J connectivity index is 1.52. The minimum Gasteiger partial charge on any atom is -0.378 e. The molecule has 0 aliphatic carbocycles. The van der Waals surface area contributed by atoms with Crippen molar-refractivity contribution in [2.24, 2.45) is 0 Å². The summed E-state index contributed by atoms with van der Waals surface area (Å²) in [5.74, 6) is 0.0365. The average Bonchev–Trinajstić information content (AvgIpc) is 3.34. The third kappa shape index (κ3) is 4.90. The second-order valence-corrected chi connectivity index (χ2v) is 10.0. The maximum absolute atomic E-state index is 13.8. The second kappa shape index (κ2) is 10.4. The Morgan fingerprint density at radius 3 is 2.25 bits per heavy atom. The highest BCUT2D eigenvalue weighted by atomic mass is 16.5. The lowest BCUT2D eigenvalue weighted by Gasteiger charge is -2.33. The van der Waals surface area contributed by atoms with Crippen molar-refractivity contribution in [2.45, 2.75) is 39.7 Å². The summed E-state index contributed by atoms with van der Waals surface area (Å²) in [6.07, 6.45) is 1.76. The van der Waals surface area contributed by atoms with Crippen LogP contribution in [-0.4, -0.2) is 73.3 Å².